The lowest BCUT2D eigenvalue weighted by molar-refractivity contribution is 0.119. The van der Waals surface area contributed by atoms with Crippen LogP contribution in [0, 0.1) is 6.92 Å². The van der Waals surface area contributed by atoms with E-state index in [2.05, 4.69) is 20.1 Å². The van der Waals surface area contributed by atoms with Gasteiger partial charge in [-0.25, -0.2) is 9.97 Å². The van der Waals surface area contributed by atoms with Gasteiger partial charge in [0.1, 0.15) is 16.9 Å². The molecule has 24 heavy (non-hydrogen) atoms. The van der Waals surface area contributed by atoms with Crippen molar-refractivity contribution in [1.82, 2.24) is 20.1 Å². The first-order chi connectivity index (χ1) is 11.6. The second kappa shape index (κ2) is 7.06. The van der Waals surface area contributed by atoms with E-state index in [0.717, 1.165) is 22.1 Å². The minimum Gasteiger partial charge on any atom is -0.375 e. The topological polar surface area (TPSA) is 77.2 Å². The molecule has 8 heteroatoms. The van der Waals surface area contributed by atoms with E-state index in [1.165, 1.54) is 0 Å². The van der Waals surface area contributed by atoms with E-state index in [-0.39, 0.29) is 6.10 Å². The molecular formula is C16H19N5O2S. The number of hydrogen-bond donors (Lipinski definition) is 0. The molecule has 0 fully saturated rings. The van der Waals surface area contributed by atoms with E-state index < -0.39 is 0 Å². The van der Waals surface area contributed by atoms with Crippen LogP contribution in [-0.2, 0) is 11.3 Å². The maximum absolute atomic E-state index is 5.31. The summed E-state index contributed by atoms with van der Waals surface area (Å²) in [5.41, 5.74) is 1.78. The van der Waals surface area contributed by atoms with Crippen molar-refractivity contribution in [2.75, 3.05) is 19.1 Å². The van der Waals surface area contributed by atoms with Gasteiger partial charge in [-0.05, 0) is 26.0 Å². The molecule has 0 aromatic carbocycles. The Hall–Kier alpha value is -2.32. The van der Waals surface area contributed by atoms with E-state index in [1.807, 2.05) is 36.4 Å². The molecule has 126 valence electrons. The number of hydrogen-bond acceptors (Lipinski definition) is 8. The number of thiazole rings is 1. The van der Waals surface area contributed by atoms with Gasteiger partial charge in [0.25, 0.3) is 5.89 Å². The molecule has 3 aromatic rings. The molecule has 0 amide bonds. The molecule has 0 radical (unpaired) electrons. The number of aromatic nitrogens is 4. The van der Waals surface area contributed by atoms with Crippen molar-refractivity contribution in [3.63, 3.8) is 0 Å². The summed E-state index contributed by atoms with van der Waals surface area (Å²) >= 11 is 1.60. The van der Waals surface area contributed by atoms with Crippen LogP contribution in [0.5, 0.6) is 0 Å². The van der Waals surface area contributed by atoms with Gasteiger partial charge >= 0.3 is 0 Å². The minimum atomic E-state index is 0.000774. The van der Waals surface area contributed by atoms with E-state index in [9.17, 15) is 0 Å². The highest BCUT2D eigenvalue weighted by Gasteiger charge is 2.17. The largest absolute Gasteiger partial charge is 0.375 e. The van der Waals surface area contributed by atoms with Gasteiger partial charge < -0.3 is 14.2 Å². The lowest BCUT2D eigenvalue weighted by Gasteiger charge is -2.18. The fraction of sp³-hybridized carbons (Fsp3) is 0.375. The van der Waals surface area contributed by atoms with Gasteiger partial charge in [-0.2, -0.15) is 4.98 Å². The zero-order valence-electron chi connectivity index (χ0n) is 14.1. The van der Waals surface area contributed by atoms with Crippen LogP contribution in [0.4, 0.5) is 5.82 Å². The van der Waals surface area contributed by atoms with Crippen LogP contribution in [0.2, 0.25) is 0 Å². The summed E-state index contributed by atoms with van der Waals surface area (Å²) < 4.78 is 10.6. The van der Waals surface area contributed by atoms with Crippen molar-refractivity contribution in [1.29, 1.82) is 0 Å². The molecule has 0 spiro atoms. The number of rotatable bonds is 6. The van der Waals surface area contributed by atoms with Gasteiger partial charge in [0.05, 0.1) is 17.8 Å². The van der Waals surface area contributed by atoms with Gasteiger partial charge in [0.15, 0.2) is 5.82 Å². The Morgan fingerprint density at radius 3 is 2.92 bits per heavy atom. The molecule has 0 aliphatic carbocycles. The third-order valence-corrected chi connectivity index (χ3v) is 4.63. The van der Waals surface area contributed by atoms with Crippen molar-refractivity contribution in [2.24, 2.45) is 0 Å². The second-order valence-electron chi connectivity index (χ2n) is 5.43. The predicted octanol–water partition coefficient (Wildman–Crippen LogP) is 3.24. The van der Waals surface area contributed by atoms with Crippen molar-refractivity contribution < 1.29 is 9.26 Å². The third-order valence-electron chi connectivity index (χ3n) is 3.58. The Morgan fingerprint density at radius 1 is 1.38 bits per heavy atom. The Bertz CT molecular complexity index is 816. The van der Waals surface area contributed by atoms with E-state index >= 15 is 0 Å². The Kier molecular flexibility index (Phi) is 4.86. The second-order valence-corrected chi connectivity index (χ2v) is 6.32. The number of pyridine rings is 1. The number of ether oxygens (including phenoxy) is 1. The maximum atomic E-state index is 5.31. The molecule has 3 heterocycles. The van der Waals surface area contributed by atoms with Gasteiger partial charge in [0.2, 0.25) is 0 Å². The maximum Gasteiger partial charge on any atom is 0.261 e. The average Bonchev–Trinajstić information content (AvgIpc) is 3.23. The summed E-state index contributed by atoms with van der Waals surface area (Å²) in [4.78, 5) is 15.4. The normalized spacial score (nSPS) is 12.3. The molecule has 0 bridgehead atoms. The number of anilines is 1. The molecule has 1 atom stereocenters. The third kappa shape index (κ3) is 3.44. The monoisotopic (exact) mass is 345 g/mol. The highest BCUT2D eigenvalue weighted by Crippen LogP contribution is 2.28. The van der Waals surface area contributed by atoms with Crippen LogP contribution >= 0.6 is 11.3 Å². The Morgan fingerprint density at radius 2 is 2.21 bits per heavy atom. The molecule has 0 aliphatic rings. The average molecular weight is 345 g/mol. The number of nitrogens with zero attached hydrogens (tertiary/aromatic N) is 5. The van der Waals surface area contributed by atoms with Crippen LogP contribution in [-0.4, -0.2) is 34.3 Å². The molecule has 7 nitrogen and oxygen atoms in total. The van der Waals surface area contributed by atoms with Crippen LogP contribution in [0.15, 0.2) is 28.2 Å². The van der Waals surface area contributed by atoms with Crippen molar-refractivity contribution >= 4 is 17.2 Å². The summed E-state index contributed by atoms with van der Waals surface area (Å²) in [6.07, 6.45) is 1.75. The quantitative estimate of drug-likeness (QED) is 0.678. The predicted molar refractivity (Wildman–Crippen MR) is 91.9 cm³/mol. The molecule has 0 N–H and O–H groups in total. The summed E-state index contributed by atoms with van der Waals surface area (Å²) in [5, 5.41) is 6.86. The molecule has 3 rings (SSSR count). The Balaban J connectivity index is 1.83. The van der Waals surface area contributed by atoms with Gasteiger partial charge in [-0.3, -0.25) is 0 Å². The number of aryl methyl sites for hydroxylation is 1. The van der Waals surface area contributed by atoms with Crippen LogP contribution < -0.4 is 4.90 Å². The van der Waals surface area contributed by atoms with Crippen LogP contribution in [0.1, 0.15) is 29.6 Å². The van der Waals surface area contributed by atoms with Gasteiger partial charge in [0, 0.05) is 25.7 Å². The lowest BCUT2D eigenvalue weighted by atomic mass is 10.2. The lowest BCUT2D eigenvalue weighted by Crippen LogP contribution is -2.19. The first-order valence-electron chi connectivity index (χ1n) is 7.52. The smallest absolute Gasteiger partial charge is 0.261 e. The van der Waals surface area contributed by atoms with Crippen molar-refractivity contribution in [3.8, 4) is 11.5 Å². The SMILES string of the molecule is COC(C)c1nc(CN(C)c2ncccc2-c2nc(C)no2)cs1. The van der Waals surface area contributed by atoms with Crippen LogP contribution in [0.25, 0.3) is 11.5 Å². The summed E-state index contributed by atoms with van der Waals surface area (Å²) in [7, 11) is 3.65. The van der Waals surface area contributed by atoms with Gasteiger partial charge in [-0.1, -0.05) is 5.16 Å². The van der Waals surface area contributed by atoms with E-state index in [1.54, 1.807) is 31.6 Å². The number of methoxy groups -OCH3 is 1. The van der Waals surface area contributed by atoms with Gasteiger partial charge in [-0.15, -0.1) is 11.3 Å². The first kappa shape index (κ1) is 16.5. The summed E-state index contributed by atoms with van der Waals surface area (Å²) in [5.74, 6) is 1.84. The summed E-state index contributed by atoms with van der Waals surface area (Å²) in [6.45, 7) is 4.41. The van der Waals surface area contributed by atoms with Crippen LogP contribution in [0.3, 0.4) is 0 Å². The molecular weight excluding hydrogens is 326 g/mol. The fourth-order valence-electron chi connectivity index (χ4n) is 2.28. The minimum absolute atomic E-state index is 0.000774. The van der Waals surface area contributed by atoms with E-state index in [0.29, 0.717) is 18.3 Å². The summed E-state index contributed by atoms with van der Waals surface area (Å²) in [6, 6.07) is 3.78. The molecule has 0 saturated carbocycles. The molecule has 1 unspecified atom stereocenters. The van der Waals surface area contributed by atoms with Crippen molar-refractivity contribution in [3.05, 3.63) is 40.2 Å². The zero-order valence-corrected chi connectivity index (χ0v) is 14.9. The zero-order chi connectivity index (χ0) is 17.1. The standard InChI is InChI=1S/C16H19N5O2S/c1-10(22-4)16-19-12(9-24-16)8-21(3)14-13(6-5-7-17-14)15-18-11(2)20-23-15/h5-7,9-10H,8H2,1-4H3. The van der Waals surface area contributed by atoms with E-state index in [4.69, 9.17) is 9.26 Å². The highest BCUT2D eigenvalue weighted by molar-refractivity contribution is 7.09. The Labute approximate surface area is 144 Å². The fourth-order valence-corrected chi connectivity index (χ4v) is 3.12. The molecule has 0 aliphatic heterocycles. The first-order valence-corrected chi connectivity index (χ1v) is 8.40. The van der Waals surface area contributed by atoms with Crippen molar-refractivity contribution in [2.45, 2.75) is 26.5 Å². The molecule has 3 aromatic heterocycles. The highest BCUT2D eigenvalue weighted by atomic mass is 32.1. The molecule has 0 saturated heterocycles.